The first-order chi connectivity index (χ1) is 11.8. The largest absolute Gasteiger partial charge is 0.493 e. The van der Waals surface area contributed by atoms with Gasteiger partial charge in [0.15, 0.2) is 6.10 Å². The molecule has 1 amide bonds. The summed E-state index contributed by atoms with van der Waals surface area (Å²) in [5.74, 6) is 0.413. The molecule has 0 saturated heterocycles. The second-order valence-electron chi connectivity index (χ2n) is 5.15. The van der Waals surface area contributed by atoms with E-state index in [-0.39, 0.29) is 5.91 Å². The molecular weight excluding hydrogens is 304 g/mol. The zero-order valence-corrected chi connectivity index (χ0v) is 13.9. The maximum absolute atomic E-state index is 12.2. The van der Waals surface area contributed by atoms with Crippen LogP contribution in [0.5, 0.6) is 5.75 Å². The molecule has 0 aliphatic rings. The maximum atomic E-state index is 12.2. The Kier molecular flexibility index (Phi) is 6.98. The molecule has 1 atom stereocenters. The molecule has 24 heavy (non-hydrogen) atoms. The third kappa shape index (κ3) is 4.93. The Balaban J connectivity index is 2.02. The highest BCUT2D eigenvalue weighted by molar-refractivity contribution is 5.86. The van der Waals surface area contributed by atoms with Crippen LogP contribution in [0, 0.1) is 0 Å². The quantitative estimate of drug-likeness (QED) is 0.598. The number of hydrazone groups is 1. The summed E-state index contributed by atoms with van der Waals surface area (Å²) in [5.41, 5.74) is 4.10. The maximum Gasteiger partial charge on any atom is 0.273 e. The van der Waals surface area contributed by atoms with E-state index in [9.17, 15) is 4.79 Å². The third-order valence-corrected chi connectivity index (χ3v) is 3.34. The molecule has 0 heterocycles. The third-order valence-electron chi connectivity index (χ3n) is 3.34. The van der Waals surface area contributed by atoms with Crippen molar-refractivity contribution in [1.29, 1.82) is 0 Å². The van der Waals surface area contributed by atoms with Gasteiger partial charge < -0.3 is 9.47 Å². The lowest BCUT2D eigenvalue weighted by molar-refractivity contribution is -0.131. The van der Waals surface area contributed by atoms with Crippen LogP contribution in [-0.4, -0.2) is 25.8 Å². The van der Waals surface area contributed by atoms with Crippen molar-refractivity contribution in [2.24, 2.45) is 5.10 Å². The van der Waals surface area contributed by atoms with Gasteiger partial charge >= 0.3 is 0 Å². The Morgan fingerprint density at radius 1 is 1.17 bits per heavy atom. The first-order valence-electron chi connectivity index (χ1n) is 7.88. The van der Waals surface area contributed by atoms with Crippen molar-refractivity contribution in [2.75, 3.05) is 13.7 Å². The van der Waals surface area contributed by atoms with Crippen molar-refractivity contribution in [1.82, 2.24) is 5.43 Å². The normalized spacial score (nSPS) is 12.1. The summed E-state index contributed by atoms with van der Waals surface area (Å²) < 4.78 is 10.9. The molecule has 5 nitrogen and oxygen atoms in total. The van der Waals surface area contributed by atoms with Crippen molar-refractivity contribution in [2.45, 2.75) is 19.4 Å². The van der Waals surface area contributed by atoms with Crippen molar-refractivity contribution >= 4 is 12.1 Å². The van der Waals surface area contributed by atoms with Gasteiger partial charge in [-0.1, -0.05) is 49.4 Å². The summed E-state index contributed by atoms with van der Waals surface area (Å²) in [4.78, 5) is 12.2. The Hall–Kier alpha value is -2.66. The van der Waals surface area contributed by atoms with Gasteiger partial charge in [0.2, 0.25) is 0 Å². The zero-order valence-electron chi connectivity index (χ0n) is 13.9. The van der Waals surface area contributed by atoms with Gasteiger partial charge in [0.05, 0.1) is 12.8 Å². The molecule has 0 aromatic heterocycles. The summed E-state index contributed by atoms with van der Waals surface area (Å²) >= 11 is 0. The van der Waals surface area contributed by atoms with Gasteiger partial charge in [-0.05, 0) is 24.1 Å². The number of carbonyl (C=O) groups excluding carboxylic acids is 1. The van der Waals surface area contributed by atoms with E-state index >= 15 is 0 Å². The predicted octanol–water partition coefficient (Wildman–Crippen LogP) is 3.31. The molecule has 2 aromatic rings. The van der Waals surface area contributed by atoms with E-state index in [0.717, 1.165) is 23.3 Å². The van der Waals surface area contributed by atoms with Crippen LogP contribution >= 0.6 is 0 Å². The monoisotopic (exact) mass is 326 g/mol. The number of nitrogens with zero attached hydrogens (tertiary/aromatic N) is 1. The lowest BCUT2D eigenvalue weighted by atomic mass is 10.1. The average Bonchev–Trinajstić information content (AvgIpc) is 2.62. The van der Waals surface area contributed by atoms with Crippen molar-refractivity contribution in [3.63, 3.8) is 0 Å². The van der Waals surface area contributed by atoms with Gasteiger partial charge in [-0.15, -0.1) is 0 Å². The molecule has 0 saturated carbocycles. The molecule has 2 aromatic carbocycles. The van der Waals surface area contributed by atoms with Gasteiger partial charge in [-0.2, -0.15) is 5.10 Å². The van der Waals surface area contributed by atoms with Gasteiger partial charge in [0, 0.05) is 12.7 Å². The van der Waals surface area contributed by atoms with Crippen molar-refractivity contribution in [3.05, 3.63) is 65.7 Å². The van der Waals surface area contributed by atoms with E-state index < -0.39 is 6.10 Å². The molecule has 2 rings (SSSR count). The predicted molar refractivity (Wildman–Crippen MR) is 94.2 cm³/mol. The molecule has 0 aliphatic carbocycles. The minimum Gasteiger partial charge on any atom is -0.493 e. The van der Waals surface area contributed by atoms with E-state index in [4.69, 9.17) is 9.47 Å². The Morgan fingerprint density at radius 2 is 1.88 bits per heavy atom. The minimum absolute atomic E-state index is 0.327. The topological polar surface area (TPSA) is 59.9 Å². The van der Waals surface area contributed by atoms with E-state index in [0.29, 0.717) is 6.61 Å². The number of methoxy groups -OCH3 is 1. The average molecular weight is 326 g/mol. The van der Waals surface area contributed by atoms with Gasteiger partial charge in [0.25, 0.3) is 5.91 Å². The van der Waals surface area contributed by atoms with E-state index in [2.05, 4.69) is 10.5 Å². The second-order valence-corrected chi connectivity index (χ2v) is 5.15. The van der Waals surface area contributed by atoms with Gasteiger partial charge in [-0.3, -0.25) is 4.79 Å². The molecule has 0 spiro atoms. The summed E-state index contributed by atoms with van der Waals surface area (Å²) in [5, 5.41) is 4.02. The fourth-order valence-electron chi connectivity index (χ4n) is 2.18. The van der Waals surface area contributed by atoms with Crippen LogP contribution in [-0.2, 0) is 9.53 Å². The molecule has 0 unspecified atom stereocenters. The zero-order chi connectivity index (χ0) is 17.2. The molecule has 0 aliphatic heterocycles. The highest BCUT2D eigenvalue weighted by Crippen LogP contribution is 2.17. The standard InChI is InChI=1S/C19H22N2O3/c1-3-13-24-17-12-8-7-11-16(17)14-20-21-19(22)18(23-2)15-9-5-4-6-10-15/h4-12,14,18H,3,13H2,1-2H3,(H,21,22)/b20-14-/t18-/m1/s1. The highest BCUT2D eigenvalue weighted by atomic mass is 16.5. The lowest BCUT2D eigenvalue weighted by Crippen LogP contribution is -2.26. The van der Waals surface area contributed by atoms with Gasteiger partial charge in [-0.25, -0.2) is 5.43 Å². The first kappa shape index (κ1) is 17.7. The van der Waals surface area contributed by atoms with Crippen LogP contribution in [0.3, 0.4) is 0 Å². The van der Waals surface area contributed by atoms with Gasteiger partial charge in [0.1, 0.15) is 5.75 Å². The number of hydrogen-bond acceptors (Lipinski definition) is 4. The summed E-state index contributed by atoms with van der Waals surface area (Å²) in [6.07, 6.45) is 1.80. The number of nitrogens with one attached hydrogen (secondary N) is 1. The van der Waals surface area contributed by atoms with Crippen molar-refractivity contribution < 1.29 is 14.3 Å². The number of para-hydroxylation sites is 1. The van der Waals surface area contributed by atoms with E-state index in [1.165, 1.54) is 7.11 Å². The number of carbonyl (C=O) groups is 1. The lowest BCUT2D eigenvalue weighted by Gasteiger charge is -2.13. The van der Waals surface area contributed by atoms with Crippen LogP contribution in [0.25, 0.3) is 0 Å². The SMILES string of the molecule is CCCOc1ccccc1/C=N\NC(=O)[C@H](OC)c1ccccc1. The van der Waals surface area contributed by atoms with Crippen LogP contribution in [0.4, 0.5) is 0 Å². The number of amides is 1. The smallest absolute Gasteiger partial charge is 0.273 e. The molecule has 5 heteroatoms. The minimum atomic E-state index is -0.699. The molecule has 126 valence electrons. The van der Waals surface area contributed by atoms with Crippen LogP contribution < -0.4 is 10.2 Å². The molecule has 0 radical (unpaired) electrons. The first-order valence-corrected chi connectivity index (χ1v) is 7.88. The molecule has 0 fully saturated rings. The van der Waals surface area contributed by atoms with E-state index in [1.807, 2.05) is 61.5 Å². The fraction of sp³-hybridized carbons (Fsp3) is 0.263. The number of rotatable bonds is 8. The summed E-state index contributed by atoms with van der Waals surface area (Å²) in [6.45, 7) is 2.68. The van der Waals surface area contributed by atoms with Crippen molar-refractivity contribution in [3.8, 4) is 5.75 Å². The fourth-order valence-corrected chi connectivity index (χ4v) is 2.18. The number of ether oxygens (including phenoxy) is 2. The molecule has 0 bridgehead atoms. The van der Waals surface area contributed by atoms with E-state index in [1.54, 1.807) is 6.21 Å². The number of benzene rings is 2. The van der Waals surface area contributed by atoms with Crippen LogP contribution in [0.1, 0.15) is 30.6 Å². The summed E-state index contributed by atoms with van der Waals surface area (Å²) in [7, 11) is 1.49. The molecular formula is C19H22N2O3. The second kappa shape index (κ2) is 9.47. The van der Waals surface area contributed by atoms with Crippen LogP contribution in [0.2, 0.25) is 0 Å². The number of hydrogen-bond donors (Lipinski definition) is 1. The van der Waals surface area contributed by atoms with Crippen LogP contribution in [0.15, 0.2) is 59.7 Å². The Morgan fingerprint density at radius 3 is 2.58 bits per heavy atom. The Bertz CT molecular complexity index is 671. The highest BCUT2D eigenvalue weighted by Gasteiger charge is 2.19. The Labute approximate surface area is 142 Å². The summed E-state index contributed by atoms with van der Waals surface area (Å²) in [6, 6.07) is 16.8. The molecule has 1 N–H and O–H groups in total.